The predicted molar refractivity (Wildman–Crippen MR) is 63.5 cm³/mol. The number of hydrogen-bond donors (Lipinski definition) is 4. The lowest BCUT2D eigenvalue weighted by atomic mass is 9.94. The van der Waals surface area contributed by atoms with E-state index >= 15 is 0 Å². The highest BCUT2D eigenvalue weighted by Gasteiger charge is 2.14. The van der Waals surface area contributed by atoms with Crippen molar-refractivity contribution in [3.63, 3.8) is 0 Å². The Labute approximate surface area is 88.4 Å². The molecule has 0 aliphatic carbocycles. The summed E-state index contributed by atoms with van der Waals surface area (Å²) in [6.45, 7) is 11.5. The molecule has 0 heterocycles. The third kappa shape index (κ3) is 9.92. The van der Waals surface area contributed by atoms with Crippen LogP contribution in [0.1, 0.15) is 34.6 Å². The summed E-state index contributed by atoms with van der Waals surface area (Å²) >= 11 is 0. The van der Waals surface area contributed by atoms with E-state index in [1.165, 1.54) is 0 Å². The minimum absolute atomic E-state index is 0.0556. The quantitative estimate of drug-likeness (QED) is 0.482. The van der Waals surface area contributed by atoms with E-state index in [4.69, 9.17) is 22.9 Å². The summed E-state index contributed by atoms with van der Waals surface area (Å²) in [4.78, 5) is 0. The monoisotopic (exact) mass is 204 g/mol. The molecule has 0 aliphatic rings. The Hall–Kier alpha value is -0.160. The summed E-state index contributed by atoms with van der Waals surface area (Å²) in [6, 6.07) is 0. The lowest BCUT2D eigenvalue weighted by Crippen LogP contribution is -2.42. The van der Waals surface area contributed by atoms with E-state index in [-0.39, 0.29) is 17.0 Å². The van der Waals surface area contributed by atoms with Crippen molar-refractivity contribution in [1.29, 1.82) is 0 Å². The Morgan fingerprint density at radius 1 is 0.857 bits per heavy atom. The lowest BCUT2D eigenvalue weighted by molar-refractivity contribution is 0.327. The molecule has 0 fully saturated rings. The average molecular weight is 204 g/mol. The van der Waals surface area contributed by atoms with Gasteiger partial charge < -0.3 is 22.9 Å². The first-order valence-electron chi connectivity index (χ1n) is 4.98. The van der Waals surface area contributed by atoms with Gasteiger partial charge in [0.05, 0.1) is 6.17 Å². The zero-order chi connectivity index (χ0) is 12.0. The molecule has 4 nitrogen and oxygen atoms in total. The maximum Gasteiger partial charge on any atom is 0.0570 e. The number of hydrogen-bond acceptors (Lipinski definition) is 4. The maximum absolute atomic E-state index is 5.35. The van der Waals surface area contributed by atoms with E-state index < -0.39 is 0 Å². The summed E-state index contributed by atoms with van der Waals surface area (Å²) in [5.41, 5.74) is 21.6. The number of rotatable bonds is 2. The smallest absolute Gasteiger partial charge is 0.0570 e. The molecule has 14 heavy (non-hydrogen) atoms. The summed E-state index contributed by atoms with van der Waals surface area (Å²) in [5, 5.41) is 0. The van der Waals surface area contributed by atoms with Gasteiger partial charge in [0, 0.05) is 0 Å². The van der Waals surface area contributed by atoms with Crippen molar-refractivity contribution in [3.8, 4) is 0 Å². The van der Waals surface area contributed by atoms with Crippen molar-refractivity contribution in [2.24, 2.45) is 33.8 Å². The highest BCUT2D eigenvalue weighted by molar-refractivity contribution is 4.69. The van der Waals surface area contributed by atoms with Gasteiger partial charge in [0.15, 0.2) is 0 Å². The van der Waals surface area contributed by atoms with Crippen molar-refractivity contribution in [1.82, 2.24) is 0 Å². The zero-order valence-electron chi connectivity index (χ0n) is 10.3. The molecular formula is C10H28N4. The first-order valence-corrected chi connectivity index (χ1v) is 4.98. The largest absolute Gasteiger partial charge is 0.330 e. The van der Waals surface area contributed by atoms with Gasteiger partial charge >= 0.3 is 0 Å². The van der Waals surface area contributed by atoms with Crippen LogP contribution in [-0.4, -0.2) is 19.3 Å². The van der Waals surface area contributed by atoms with Gasteiger partial charge in [-0.05, 0) is 23.9 Å². The third-order valence-corrected chi connectivity index (χ3v) is 2.11. The molecule has 88 valence electrons. The van der Waals surface area contributed by atoms with Crippen LogP contribution in [0.3, 0.4) is 0 Å². The van der Waals surface area contributed by atoms with E-state index in [0.717, 1.165) is 0 Å². The fourth-order valence-corrected chi connectivity index (χ4v) is 0.0833. The minimum atomic E-state index is -0.201. The summed E-state index contributed by atoms with van der Waals surface area (Å²) < 4.78 is 0. The van der Waals surface area contributed by atoms with Gasteiger partial charge in [0.25, 0.3) is 0 Å². The van der Waals surface area contributed by atoms with Gasteiger partial charge in [0.2, 0.25) is 0 Å². The van der Waals surface area contributed by atoms with E-state index in [1.807, 2.05) is 34.6 Å². The summed E-state index contributed by atoms with van der Waals surface area (Å²) in [6.07, 6.45) is -0.201. The van der Waals surface area contributed by atoms with E-state index in [0.29, 0.717) is 13.1 Å². The van der Waals surface area contributed by atoms with Crippen molar-refractivity contribution >= 4 is 0 Å². The van der Waals surface area contributed by atoms with Crippen molar-refractivity contribution in [3.05, 3.63) is 0 Å². The fourth-order valence-electron chi connectivity index (χ4n) is 0.0833. The summed E-state index contributed by atoms with van der Waals surface area (Å²) in [5.74, 6) is 0. The molecule has 4 heteroatoms. The van der Waals surface area contributed by atoms with Crippen LogP contribution in [0.15, 0.2) is 0 Å². The summed E-state index contributed by atoms with van der Waals surface area (Å²) in [7, 11) is 0. The van der Waals surface area contributed by atoms with Crippen LogP contribution >= 0.6 is 0 Å². The Balaban J connectivity index is 0. The van der Waals surface area contributed by atoms with Crippen LogP contribution in [-0.2, 0) is 0 Å². The molecule has 0 aromatic carbocycles. The zero-order valence-corrected chi connectivity index (χ0v) is 10.3. The lowest BCUT2D eigenvalue weighted by Gasteiger charge is -2.22. The molecule has 0 saturated carbocycles. The van der Waals surface area contributed by atoms with Gasteiger partial charge in [-0.15, -0.1) is 0 Å². The van der Waals surface area contributed by atoms with E-state index in [9.17, 15) is 0 Å². The van der Waals surface area contributed by atoms with Crippen LogP contribution in [0.4, 0.5) is 0 Å². The molecule has 0 rings (SSSR count). The molecule has 0 amide bonds. The predicted octanol–water partition coefficient (Wildman–Crippen LogP) is 0.206. The molecule has 0 radical (unpaired) electrons. The van der Waals surface area contributed by atoms with Crippen LogP contribution < -0.4 is 22.9 Å². The highest BCUT2D eigenvalue weighted by atomic mass is 14.9. The van der Waals surface area contributed by atoms with Crippen LogP contribution in [0.25, 0.3) is 0 Å². The number of nitrogens with two attached hydrogens (primary N) is 4. The van der Waals surface area contributed by atoms with Gasteiger partial charge in [-0.3, -0.25) is 0 Å². The molecule has 0 spiro atoms. The second kappa shape index (κ2) is 6.35. The molecule has 0 unspecified atom stereocenters. The maximum atomic E-state index is 5.35. The molecule has 0 saturated heterocycles. The molecule has 0 aliphatic heterocycles. The minimum Gasteiger partial charge on any atom is -0.330 e. The van der Waals surface area contributed by atoms with Gasteiger partial charge in [0.1, 0.15) is 0 Å². The second-order valence-electron chi connectivity index (χ2n) is 5.46. The second-order valence-corrected chi connectivity index (χ2v) is 5.46. The molecule has 8 N–H and O–H groups in total. The van der Waals surface area contributed by atoms with Crippen molar-refractivity contribution in [2.45, 2.75) is 40.8 Å². The molecule has 0 atom stereocenters. The third-order valence-electron chi connectivity index (χ3n) is 2.11. The normalized spacial score (nSPS) is 12.4. The van der Waals surface area contributed by atoms with E-state index in [2.05, 4.69) is 0 Å². The Bertz CT molecular complexity index is 126. The van der Waals surface area contributed by atoms with Crippen LogP contribution in [0.5, 0.6) is 0 Å². The fraction of sp³-hybridized carbons (Fsp3) is 1.00. The van der Waals surface area contributed by atoms with Crippen molar-refractivity contribution < 1.29 is 0 Å². The topological polar surface area (TPSA) is 104 Å². The first-order chi connectivity index (χ1) is 6.06. The highest BCUT2D eigenvalue weighted by Crippen LogP contribution is 2.12. The molecule has 0 aromatic heterocycles. The van der Waals surface area contributed by atoms with Crippen molar-refractivity contribution in [2.75, 3.05) is 13.1 Å². The van der Waals surface area contributed by atoms with E-state index in [1.54, 1.807) is 0 Å². The van der Waals surface area contributed by atoms with Crippen LogP contribution in [0.2, 0.25) is 0 Å². The standard InChI is InChI=1S/2C5H14N2/c1-5(2,3)4(6)7;1-5(2,3-6)4-7/h4H,6-7H2,1-3H3;3-4,6-7H2,1-2H3. The Morgan fingerprint density at radius 3 is 1.07 bits per heavy atom. The van der Waals surface area contributed by atoms with Gasteiger partial charge in [-0.25, -0.2) is 0 Å². The molecular weight excluding hydrogens is 176 g/mol. The van der Waals surface area contributed by atoms with Gasteiger partial charge in [-0.1, -0.05) is 34.6 Å². The first kappa shape index (κ1) is 16.3. The molecule has 0 aromatic rings. The Morgan fingerprint density at radius 2 is 1.07 bits per heavy atom. The Kier molecular flexibility index (Phi) is 7.38. The average Bonchev–Trinajstić information content (AvgIpc) is 2.04. The van der Waals surface area contributed by atoms with Gasteiger partial charge in [-0.2, -0.15) is 0 Å². The SMILES string of the molecule is CC(C)(C)C(N)N.CC(C)(CN)CN. The molecule has 0 bridgehead atoms. The van der Waals surface area contributed by atoms with Crippen LogP contribution in [0, 0.1) is 10.8 Å².